The predicted molar refractivity (Wildman–Crippen MR) is 152 cm³/mol. The molecule has 2 N–H and O–H groups in total. The molecule has 0 aliphatic carbocycles. The molecule has 0 saturated carbocycles. The highest BCUT2D eigenvalue weighted by Gasteiger charge is 2.59. The van der Waals surface area contributed by atoms with Gasteiger partial charge in [0.1, 0.15) is 0 Å². The number of halogens is 2. The Morgan fingerprint density at radius 3 is 1.29 bits per heavy atom. The van der Waals surface area contributed by atoms with Gasteiger partial charge in [-0.25, -0.2) is 18.7 Å². The Hall–Kier alpha value is -0.330. The molecule has 5 rings (SSSR count). The van der Waals surface area contributed by atoms with Gasteiger partial charge in [-0.3, -0.25) is 0 Å². The van der Waals surface area contributed by atoms with Crippen LogP contribution < -0.4 is 10.2 Å². The molecule has 2 aromatic carbocycles. The van der Waals surface area contributed by atoms with E-state index in [0.29, 0.717) is 0 Å². The molecule has 3 fully saturated rings. The fraction of sp³-hybridized carbons (Fsp3) is 0.455. The maximum absolute atomic E-state index is 7.36. The van der Waals surface area contributed by atoms with E-state index in [1.54, 1.807) is 0 Å². The maximum atomic E-state index is 7.36. The molecule has 0 bridgehead atoms. The van der Waals surface area contributed by atoms with E-state index in [1.165, 1.54) is 11.1 Å². The SMILES string of the molecule is CN1CCN(C)P1(Cl)=N[P+]1(N=P2(Cl)N(C)CCN2C)N[C@@H](c2ccccc2)[C@H](c2ccccc2)N1. The van der Waals surface area contributed by atoms with Crippen molar-refractivity contribution in [1.82, 2.24) is 28.9 Å². The molecular formula is C22H34Cl2N8P3+. The highest BCUT2D eigenvalue weighted by molar-refractivity contribution is 7.95. The van der Waals surface area contributed by atoms with Crippen LogP contribution in [0.4, 0.5) is 0 Å². The lowest BCUT2D eigenvalue weighted by molar-refractivity contribution is 0.553. The molecule has 35 heavy (non-hydrogen) atoms. The van der Waals surface area contributed by atoms with Gasteiger partial charge in [0.25, 0.3) is 0 Å². The number of likely N-dealkylation sites (N-methyl/N-ethyl adjacent to an activating group) is 4. The smallest absolute Gasteiger partial charge is 0.245 e. The normalized spacial score (nSPS) is 29.0. The summed E-state index contributed by atoms with van der Waals surface area (Å²) in [7, 11) is 5.48. The fourth-order valence-corrected chi connectivity index (χ4v) is 17.4. The minimum atomic E-state index is -2.75. The Bertz CT molecular complexity index is 1050. The Morgan fingerprint density at radius 2 is 0.971 bits per heavy atom. The topological polar surface area (TPSA) is 61.7 Å². The van der Waals surface area contributed by atoms with Gasteiger partial charge in [0.2, 0.25) is 13.4 Å². The summed E-state index contributed by atoms with van der Waals surface area (Å²) in [4.78, 5) is 0. The van der Waals surface area contributed by atoms with E-state index in [9.17, 15) is 0 Å². The molecular weight excluding hydrogens is 540 g/mol. The van der Waals surface area contributed by atoms with Gasteiger partial charge in [-0.05, 0) is 70.8 Å². The number of hydrogen-bond donors (Lipinski definition) is 2. The Balaban J connectivity index is 1.71. The van der Waals surface area contributed by atoms with Crippen molar-refractivity contribution in [2.75, 3.05) is 54.4 Å². The second kappa shape index (κ2) is 10.1. The molecule has 0 unspecified atom stereocenters. The third-order valence-corrected chi connectivity index (χ3v) is 20.8. The second-order valence-corrected chi connectivity index (χ2v) is 19.9. The molecule has 3 saturated heterocycles. The standard InChI is InChI=1S/C22H34Cl2N8P3/c1-29-15-16-30(2)33(29,23)27-35(28-34(24)31(3)17-18-32(34)4)25-21(19-11-7-5-8-12-19)22(26-35)20-13-9-6-10-14-20/h5-14,21-22,25-26H,15-18H2,1-4H3/q+1/t21-,22-/m0/s1. The summed E-state index contributed by atoms with van der Waals surface area (Å²) >= 11 is 14.7. The molecule has 13 heteroatoms. The molecule has 3 aliphatic rings. The first-order chi connectivity index (χ1) is 16.7. The highest BCUT2D eigenvalue weighted by Crippen LogP contribution is 2.80. The summed E-state index contributed by atoms with van der Waals surface area (Å²) in [5.41, 5.74) is 2.37. The van der Waals surface area contributed by atoms with Crippen LogP contribution in [0.15, 0.2) is 69.7 Å². The number of hydrogen-bond acceptors (Lipinski definition) is 4. The minimum absolute atomic E-state index is 0.0256. The summed E-state index contributed by atoms with van der Waals surface area (Å²) < 4.78 is 19.7. The molecule has 2 atom stereocenters. The van der Waals surface area contributed by atoms with Crippen LogP contribution in [0.5, 0.6) is 0 Å². The van der Waals surface area contributed by atoms with Gasteiger partial charge < -0.3 is 0 Å². The van der Waals surface area contributed by atoms with Crippen molar-refractivity contribution >= 4 is 43.8 Å². The van der Waals surface area contributed by atoms with E-state index in [0.717, 1.165) is 26.2 Å². The van der Waals surface area contributed by atoms with Gasteiger partial charge in [0, 0.05) is 26.2 Å². The van der Waals surface area contributed by atoms with Crippen molar-refractivity contribution in [3.05, 3.63) is 71.8 Å². The first-order valence-electron chi connectivity index (χ1n) is 11.7. The lowest BCUT2D eigenvalue weighted by Gasteiger charge is -2.28. The molecule has 0 aromatic heterocycles. The van der Waals surface area contributed by atoms with Crippen molar-refractivity contribution in [2.45, 2.75) is 12.1 Å². The van der Waals surface area contributed by atoms with Crippen LogP contribution in [0.2, 0.25) is 0 Å². The summed E-state index contributed by atoms with van der Waals surface area (Å²) in [6, 6.07) is 21.0. The highest BCUT2D eigenvalue weighted by atomic mass is 35.7. The van der Waals surface area contributed by atoms with Crippen LogP contribution in [0.1, 0.15) is 23.2 Å². The fourth-order valence-electron chi connectivity index (χ4n) is 4.76. The average Bonchev–Trinajstić information content (AvgIpc) is 3.44. The molecule has 0 radical (unpaired) electrons. The molecule has 0 spiro atoms. The summed E-state index contributed by atoms with van der Waals surface area (Å²) in [5, 5.41) is 7.80. The zero-order valence-electron chi connectivity index (χ0n) is 20.5. The third kappa shape index (κ3) is 4.82. The van der Waals surface area contributed by atoms with Gasteiger partial charge in [-0.1, -0.05) is 60.7 Å². The minimum Gasteiger partial charge on any atom is -0.245 e. The van der Waals surface area contributed by atoms with Crippen molar-refractivity contribution < 1.29 is 0 Å². The van der Waals surface area contributed by atoms with E-state index in [2.05, 4.69) is 106 Å². The van der Waals surface area contributed by atoms with Crippen molar-refractivity contribution in [1.29, 1.82) is 0 Å². The molecule has 3 heterocycles. The van der Waals surface area contributed by atoms with E-state index in [-0.39, 0.29) is 12.1 Å². The molecule has 0 amide bonds. The average molecular weight is 574 g/mol. The van der Waals surface area contributed by atoms with Gasteiger partial charge in [-0.2, -0.15) is 0 Å². The third-order valence-electron chi connectivity index (χ3n) is 7.01. The van der Waals surface area contributed by atoms with Crippen LogP contribution in [-0.4, -0.2) is 73.1 Å². The Morgan fingerprint density at radius 1 is 0.657 bits per heavy atom. The van der Waals surface area contributed by atoms with Crippen molar-refractivity contribution in [3.63, 3.8) is 0 Å². The number of nitrogens with one attached hydrogen (secondary N) is 2. The zero-order chi connectivity index (χ0) is 24.8. The van der Waals surface area contributed by atoms with Crippen LogP contribution >= 0.6 is 43.8 Å². The number of nitrogens with zero attached hydrogens (tertiary/aromatic N) is 6. The van der Waals surface area contributed by atoms with Crippen molar-refractivity contribution in [3.8, 4) is 0 Å². The van der Waals surface area contributed by atoms with E-state index < -0.39 is 21.3 Å². The Kier molecular flexibility index (Phi) is 7.58. The predicted octanol–water partition coefficient (Wildman–Crippen LogP) is 6.46. The molecule has 2 aromatic rings. The van der Waals surface area contributed by atoms with Gasteiger partial charge in [0.15, 0.2) is 0 Å². The Labute approximate surface area is 219 Å². The molecule has 190 valence electrons. The lowest BCUT2D eigenvalue weighted by Crippen LogP contribution is -2.17. The van der Waals surface area contributed by atoms with Crippen molar-refractivity contribution in [2.24, 2.45) is 9.03 Å². The first kappa shape index (κ1) is 26.3. The summed E-state index contributed by atoms with van der Waals surface area (Å²) in [6.45, 7) is -1.41. The van der Waals surface area contributed by atoms with Crippen LogP contribution in [0.3, 0.4) is 0 Å². The van der Waals surface area contributed by atoms with Gasteiger partial charge in [-0.15, -0.1) is 10.2 Å². The first-order valence-corrected chi connectivity index (χ1v) is 18.5. The quantitative estimate of drug-likeness (QED) is 0.409. The largest absolute Gasteiger partial charge is 0.400 e. The van der Waals surface area contributed by atoms with Gasteiger partial charge in [0.05, 0.1) is 12.1 Å². The van der Waals surface area contributed by atoms with Crippen LogP contribution in [0.25, 0.3) is 0 Å². The number of rotatable bonds is 4. The summed E-state index contributed by atoms with van der Waals surface area (Å²) in [6.07, 6.45) is 0. The molecule has 8 nitrogen and oxygen atoms in total. The zero-order valence-corrected chi connectivity index (χ0v) is 24.7. The monoisotopic (exact) mass is 573 g/mol. The van der Waals surface area contributed by atoms with E-state index >= 15 is 0 Å². The van der Waals surface area contributed by atoms with E-state index in [4.69, 9.17) is 31.5 Å². The van der Waals surface area contributed by atoms with Crippen LogP contribution in [0, 0.1) is 0 Å². The molecule has 3 aliphatic heterocycles. The summed E-state index contributed by atoms with van der Waals surface area (Å²) in [5.74, 6) is 0. The maximum Gasteiger partial charge on any atom is 0.400 e. The lowest BCUT2D eigenvalue weighted by atomic mass is 9.95. The van der Waals surface area contributed by atoms with E-state index in [1.807, 2.05) is 12.1 Å². The van der Waals surface area contributed by atoms with Gasteiger partial charge >= 0.3 is 7.87 Å². The number of benzene rings is 2. The second-order valence-electron chi connectivity index (χ2n) is 9.33. The van der Waals surface area contributed by atoms with Crippen LogP contribution in [-0.2, 0) is 0 Å².